The number of piperidine rings is 1. The second kappa shape index (κ2) is 8.63. The normalized spacial score (nSPS) is 20.4. The van der Waals surface area contributed by atoms with E-state index < -0.39 is 5.60 Å². The Morgan fingerprint density at radius 3 is 2.74 bits per heavy atom. The van der Waals surface area contributed by atoms with Gasteiger partial charge in [-0.05, 0) is 65.7 Å². The van der Waals surface area contributed by atoms with Crippen LogP contribution in [0.2, 0.25) is 0 Å². The molecule has 1 saturated heterocycles. The summed E-state index contributed by atoms with van der Waals surface area (Å²) in [6.07, 6.45) is 7.57. The second-order valence-corrected chi connectivity index (χ2v) is 8.83. The van der Waals surface area contributed by atoms with Crippen molar-refractivity contribution in [2.45, 2.75) is 83.8 Å². The van der Waals surface area contributed by atoms with Crippen molar-refractivity contribution in [1.29, 1.82) is 0 Å². The van der Waals surface area contributed by atoms with E-state index in [1.165, 1.54) is 30.1 Å². The summed E-state index contributed by atoms with van der Waals surface area (Å²) < 4.78 is 13.3. The molecule has 6 heteroatoms. The van der Waals surface area contributed by atoms with E-state index in [9.17, 15) is 4.79 Å². The molecular weight excluding hydrogens is 342 g/mol. The average molecular weight is 378 g/mol. The van der Waals surface area contributed by atoms with Crippen LogP contribution >= 0.6 is 0 Å². The van der Waals surface area contributed by atoms with Gasteiger partial charge in [-0.3, -0.25) is 0 Å². The van der Waals surface area contributed by atoms with Crippen molar-refractivity contribution in [3.8, 4) is 0 Å². The summed E-state index contributed by atoms with van der Waals surface area (Å²) >= 11 is 0. The molecule has 0 saturated carbocycles. The molecule has 1 aromatic heterocycles. The topological polar surface area (TPSA) is 56.6 Å². The minimum atomic E-state index is -0.457. The molecule has 6 nitrogen and oxygen atoms in total. The van der Waals surface area contributed by atoms with E-state index in [4.69, 9.17) is 14.5 Å². The molecule has 152 valence electrons. The third-order valence-electron chi connectivity index (χ3n) is 5.43. The highest BCUT2D eigenvalue weighted by Crippen LogP contribution is 2.31. The van der Waals surface area contributed by atoms with E-state index in [1.54, 1.807) is 7.11 Å². The lowest BCUT2D eigenvalue weighted by Crippen LogP contribution is -2.42. The third kappa shape index (κ3) is 5.03. The minimum absolute atomic E-state index is 0.200. The number of aromatic nitrogens is 2. The van der Waals surface area contributed by atoms with Gasteiger partial charge in [-0.15, -0.1) is 0 Å². The summed E-state index contributed by atoms with van der Waals surface area (Å²) in [5.41, 5.74) is 2.24. The zero-order chi connectivity index (χ0) is 19.4. The highest BCUT2D eigenvalue weighted by molar-refractivity contribution is 5.68. The van der Waals surface area contributed by atoms with Gasteiger partial charge in [-0.25, -0.2) is 9.78 Å². The molecule has 1 aliphatic heterocycles. The molecule has 1 aromatic rings. The number of fused-ring (bicyclic) bond motifs is 1. The molecule has 1 atom stereocenters. The van der Waals surface area contributed by atoms with Crippen molar-refractivity contribution < 1.29 is 14.3 Å². The molecule has 0 N–H and O–H groups in total. The van der Waals surface area contributed by atoms with Crippen LogP contribution in [0.25, 0.3) is 0 Å². The van der Waals surface area contributed by atoms with Gasteiger partial charge in [0.15, 0.2) is 0 Å². The van der Waals surface area contributed by atoms with Gasteiger partial charge >= 0.3 is 6.09 Å². The Labute approximate surface area is 163 Å². The van der Waals surface area contributed by atoms with Crippen LogP contribution < -0.4 is 0 Å². The van der Waals surface area contributed by atoms with E-state index in [1.807, 2.05) is 25.7 Å². The summed E-state index contributed by atoms with van der Waals surface area (Å²) in [5.74, 6) is 1.46. The first-order chi connectivity index (χ1) is 12.9. The summed E-state index contributed by atoms with van der Waals surface area (Å²) in [6, 6.07) is 0. The summed E-state index contributed by atoms with van der Waals surface area (Å²) in [7, 11) is 1.75. The molecule has 1 fully saturated rings. The van der Waals surface area contributed by atoms with Gasteiger partial charge in [0, 0.05) is 45.0 Å². The molecular formula is C21H35N3O3. The van der Waals surface area contributed by atoms with Crippen LogP contribution in [-0.2, 0) is 28.9 Å². The maximum absolute atomic E-state index is 12.5. The lowest BCUT2D eigenvalue weighted by atomic mass is 9.97. The van der Waals surface area contributed by atoms with Crippen LogP contribution in [0, 0.1) is 0 Å². The smallest absolute Gasteiger partial charge is 0.410 e. The number of carbonyl (C=O) groups excluding carboxylic acids is 1. The third-order valence-corrected chi connectivity index (χ3v) is 5.43. The molecule has 0 radical (unpaired) electrons. The molecule has 27 heavy (non-hydrogen) atoms. The van der Waals surface area contributed by atoms with E-state index >= 15 is 0 Å². The number of rotatable bonds is 5. The largest absolute Gasteiger partial charge is 0.444 e. The van der Waals surface area contributed by atoms with Gasteiger partial charge in [-0.2, -0.15) is 0 Å². The van der Waals surface area contributed by atoms with Gasteiger partial charge in [-0.1, -0.05) is 0 Å². The molecule has 1 amide bonds. The zero-order valence-corrected chi connectivity index (χ0v) is 17.4. The number of ether oxygens (including phenoxy) is 2. The van der Waals surface area contributed by atoms with Gasteiger partial charge in [0.25, 0.3) is 0 Å². The summed E-state index contributed by atoms with van der Waals surface area (Å²) in [6.45, 7) is 8.95. The molecule has 0 bridgehead atoms. The van der Waals surface area contributed by atoms with Gasteiger partial charge < -0.3 is 18.9 Å². The van der Waals surface area contributed by atoms with Crippen molar-refractivity contribution in [3.05, 3.63) is 17.2 Å². The molecule has 0 aromatic carbocycles. The number of methoxy groups -OCH3 is 1. The Bertz CT molecular complexity index is 648. The van der Waals surface area contributed by atoms with E-state index in [-0.39, 0.29) is 6.09 Å². The fourth-order valence-corrected chi connectivity index (χ4v) is 4.23. The summed E-state index contributed by atoms with van der Waals surface area (Å²) in [5, 5.41) is 0. The maximum Gasteiger partial charge on any atom is 0.410 e. The number of hydrogen-bond donors (Lipinski definition) is 0. The van der Waals surface area contributed by atoms with Crippen molar-refractivity contribution in [1.82, 2.24) is 14.5 Å². The van der Waals surface area contributed by atoms with Crippen molar-refractivity contribution in [3.63, 3.8) is 0 Å². The van der Waals surface area contributed by atoms with E-state index in [0.717, 1.165) is 51.8 Å². The predicted molar refractivity (Wildman–Crippen MR) is 105 cm³/mol. The molecule has 2 heterocycles. The monoisotopic (exact) mass is 377 g/mol. The molecule has 0 spiro atoms. The van der Waals surface area contributed by atoms with Crippen LogP contribution in [-0.4, -0.2) is 53.0 Å². The number of hydrogen-bond acceptors (Lipinski definition) is 4. The second-order valence-electron chi connectivity index (χ2n) is 8.83. The van der Waals surface area contributed by atoms with E-state index in [2.05, 4.69) is 4.57 Å². The Hall–Kier alpha value is -1.56. The van der Waals surface area contributed by atoms with Gasteiger partial charge in [0.2, 0.25) is 0 Å². The highest BCUT2D eigenvalue weighted by atomic mass is 16.6. The van der Waals surface area contributed by atoms with Crippen molar-refractivity contribution in [2.24, 2.45) is 0 Å². The van der Waals surface area contributed by atoms with Crippen LogP contribution in [0.4, 0.5) is 4.79 Å². The zero-order valence-electron chi connectivity index (χ0n) is 17.4. The number of nitrogens with zero attached hydrogens (tertiary/aromatic N) is 3. The fourth-order valence-electron chi connectivity index (χ4n) is 4.23. The molecule has 2 aliphatic rings. The molecule has 1 aliphatic carbocycles. The van der Waals surface area contributed by atoms with Crippen LogP contribution in [0.15, 0.2) is 0 Å². The first-order valence-electron chi connectivity index (χ1n) is 10.4. The predicted octanol–water partition coefficient (Wildman–Crippen LogP) is 3.91. The quantitative estimate of drug-likeness (QED) is 0.730. The lowest BCUT2D eigenvalue weighted by molar-refractivity contribution is 0.0195. The van der Waals surface area contributed by atoms with Gasteiger partial charge in [0.1, 0.15) is 11.4 Å². The van der Waals surface area contributed by atoms with Crippen molar-refractivity contribution >= 4 is 6.09 Å². The minimum Gasteiger partial charge on any atom is -0.444 e. The average Bonchev–Trinajstić information content (AvgIpc) is 2.99. The Kier molecular flexibility index (Phi) is 6.45. The van der Waals surface area contributed by atoms with Crippen molar-refractivity contribution in [2.75, 3.05) is 26.8 Å². The number of aryl methyl sites for hydroxylation is 1. The Balaban J connectivity index is 1.78. The Morgan fingerprint density at radius 2 is 2.00 bits per heavy atom. The number of amides is 1. The Morgan fingerprint density at radius 1 is 1.22 bits per heavy atom. The fraction of sp³-hybridized carbons (Fsp3) is 0.810. The molecule has 3 rings (SSSR count). The SMILES string of the molecule is COCCCn1c(C2CCCN(C(=O)OC(C)(C)C)C2)nc2c1CCCC2. The number of imidazole rings is 1. The highest BCUT2D eigenvalue weighted by Gasteiger charge is 2.32. The lowest BCUT2D eigenvalue weighted by Gasteiger charge is -2.34. The van der Waals surface area contributed by atoms with Crippen LogP contribution in [0.5, 0.6) is 0 Å². The van der Waals surface area contributed by atoms with E-state index in [0.29, 0.717) is 12.5 Å². The summed E-state index contributed by atoms with van der Waals surface area (Å²) in [4.78, 5) is 19.5. The van der Waals surface area contributed by atoms with Crippen LogP contribution in [0.3, 0.4) is 0 Å². The standard InChI is InChI=1S/C21H35N3O3/c1-21(2,3)27-20(25)23-12-7-9-16(15-23)19-22-17-10-5-6-11-18(17)24(19)13-8-14-26-4/h16H,5-15H2,1-4H3. The van der Waals surface area contributed by atoms with Crippen LogP contribution in [0.1, 0.15) is 76.0 Å². The first-order valence-corrected chi connectivity index (χ1v) is 10.4. The number of carbonyl (C=O) groups is 1. The van der Waals surface area contributed by atoms with Gasteiger partial charge in [0.05, 0.1) is 5.69 Å². The number of likely N-dealkylation sites (tertiary alicyclic amines) is 1. The maximum atomic E-state index is 12.5. The first kappa shape index (κ1) is 20.2. The molecule has 1 unspecified atom stereocenters.